The summed E-state index contributed by atoms with van der Waals surface area (Å²) in [5.74, 6) is 0.939. The molecule has 0 bridgehead atoms. The van der Waals surface area contributed by atoms with Gasteiger partial charge in [-0.15, -0.1) is 0 Å². The Bertz CT molecular complexity index is 577. The lowest BCUT2D eigenvalue weighted by atomic mass is 10.4. The molecule has 2 rings (SSSR count). The fourth-order valence-corrected chi connectivity index (χ4v) is 2.86. The topological polar surface area (TPSA) is 39.9 Å². The monoisotopic (exact) mass is 341 g/mol. The van der Waals surface area contributed by atoms with Crippen molar-refractivity contribution in [1.29, 1.82) is 0 Å². The van der Waals surface area contributed by atoms with Crippen molar-refractivity contribution in [3.63, 3.8) is 0 Å². The SMILES string of the molecule is Cc1nc2cc(Br)cnc2n1COCC[Si](C)(C)C. The largest absolute Gasteiger partial charge is 0.361 e. The highest BCUT2D eigenvalue weighted by Crippen LogP contribution is 2.18. The number of nitrogens with zero attached hydrogens (tertiary/aromatic N) is 3. The lowest BCUT2D eigenvalue weighted by Gasteiger charge is -2.15. The van der Waals surface area contributed by atoms with Gasteiger partial charge in [0.2, 0.25) is 0 Å². The molecule has 104 valence electrons. The lowest BCUT2D eigenvalue weighted by molar-refractivity contribution is 0.0881. The zero-order valence-electron chi connectivity index (χ0n) is 11.9. The Morgan fingerprint density at radius 2 is 2.11 bits per heavy atom. The van der Waals surface area contributed by atoms with Gasteiger partial charge in [-0.2, -0.15) is 0 Å². The molecule has 0 aliphatic carbocycles. The van der Waals surface area contributed by atoms with Crippen LogP contribution in [0.3, 0.4) is 0 Å². The third-order valence-corrected chi connectivity index (χ3v) is 5.10. The second-order valence-corrected chi connectivity index (χ2v) is 12.5. The zero-order chi connectivity index (χ0) is 14.0. The van der Waals surface area contributed by atoms with Crippen LogP contribution in [0.15, 0.2) is 16.7 Å². The first kappa shape index (κ1) is 14.7. The van der Waals surface area contributed by atoms with Gasteiger partial charge >= 0.3 is 0 Å². The van der Waals surface area contributed by atoms with E-state index >= 15 is 0 Å². The van der Waals surface area contributed by atoms with E-state index in [1.54, 1.807) is 6.20 Å². The van der Waals surface area contributed by atoms with Gasteiger partial charge in [0, 0.05) is 25.4 Å². The van der Waals surface area contributed by atoms with Gasteiger partial charge in [-0.1, -0.05) is 19.6 Å². The molecule has 4 nitrogen and oxygen atoms in total. The summed E-state index contributed by atoms with van der Waals surface area (Å²) < 4.78 is 8.75. The minimum atomic E-state index is -1.03. The van der Waals surface area contributed by atoms with E-state index in [0.717, 1.165) is 28.1 Å². The Labute approximate surface area is 123 Å². The molecule has 0 aliphatic heterocycles. The molecule has 19 heavy (non-hydrogen) atoms. The third kappa shape index (κ3) is 3.87. The number of fused-ring (bicyclic) bond motifs is 1. The predicted octanol–water partition coefficient (Wildman–Crippen LogP) is 3.81. The first-order chi connectivity index (χ1) is 8.87. The Morgan fingerprint density at radius 1 is 1.37 bits per heavy atom. The van der Waals surface area contributed by atoms with Crippen molar-refractivity contribution in [2.24, 2.45) is 0 Å². The van der Waals surface area contributed by atoms with Crippen LogP contribution in [-0.2, 0) is 11.5 Å². The fraction of sp³-hybridized carbons (Fsp3) is 0.538. The quantitative estimate of drug-likeness (QED) is 0.613. The standard InChI is InChI=1S/C13H20BrN3OSi/c1-10-16-12-7-11(14)8-15-13(12)17(10)9-18-5-6-19(2,3)4/h7-8H,5-6,9H2,1-4H3. The summed E-state index contributed by atoms with van der Waals surface area (Å²) in [6, 6.07) is 3.16. The summed E-state index contributed by atoms with van der Waals surface area (Å²) in [6.45, 7) is 10.4. The Balaban J connectivity index is 2.06. The van der Waals surface area contributed by atoms with E-state index in [-0.39, 0.29) is 0 Å². The average molecular weight is 342 g/mol. The molecule has 2 aromatic heterocycles. The number of aryl methyl sites for hydroxylation is 1. The number of hydrogen-bond acceptors (Lipinski definition) is 3. The molecule has 0 spiro atoms. The van der Waals surface area contributed by atoms with E-state index in [0.29, 0.717) is 6.73 Å². The Kier molecular flexibility index (Phi) is 4.42. The number of halogens is 1. The normalized spacial score (nSPS) is 12.3. The highest BCUT2D eigenvalue weighted by Gasteiger charge is 2.13. The van der Waals surface area contributed by atoms with Crippen LogP contribution >= 0.6 is 15.9 Å². The Morgan fingerprint density at radius 3 is 2.79 bits per heavy atom. The van der Waals surface area contributed by atoms with Gasteiger partial charge in [0.15, 0.2) is 5.65 Å². The number of pyridine rings is 1. The highest BCUT2D eigenvalue weighted by atomic mass is 79.9. The molecule has 0 aromatic carbocycles. The van der Waals surface area contributed by atoms with Crippen LogP contribution in [0.5, 0.6) is 0 Å². The van der Waals surface area contributed by atoms with Crippen LogP contribution in [0.25, 0.3) is 11.2 Å². The van der Waals surface area contributed by atoms with Crippen LogP contribution in [0, 0.1) is 6.92 Å². The van der Waals surface area contributed by atoms with Gasteiger partial charge in [0.25, 0.3) is 0 Å². The Hall–Kier alpha value is -0.723. The van der Waals surface area contributed by atoms with Crippen molar-refractivity contribution in [3.05, 3.63) is 22.6 Å². The maximum Gasteiger partial charge on any atom is 0.161 e. The number of aromatic nitrogens is 3. The van der Waals surface area contributed by atoms with E-state index in [1.807, 2.05) is 17.6 Å². The minimum Gasteiger partial charge on any atom is -0.361 e. The van der Waals surface area contributed by atoms with Gasteiger partial charge in [-0.25, -0.2) is 9.97 Å². The predicted molar refractivity (Wildman–Crippen MR) is 84.1 cm³/mol. The summed E-state index contributed by atoms with van der Waals surface area (Å²) in [5, 5.41) is 0. The lowest BCUT2D eigenvalue weighted by Crippen LogP contribution is -2.22. The van der Waals surface area contributed by atoms with Gasteiger partial charge in [-0.05, 0) is 35.0 Å². The maximum atomic E-state index is 5.78. The minimum absolute atomic E-state index is 0.529. The molecule has 0 fully saturated rings. The van der Waals surface area contributed by atoms with E-state index in [1.165, 1.54) is 6.04 Å². The van der Waals surface area contributed by atoms with Crippen molar-refractivity contribution in [1.82, 2.24) is 14.5 Å². The van der Waals surface area contributed by atoms with Crippen LogP contribution < -0.4 is 0 Å². The summed E-state index contributed by atoms with van der Waals surface area (Å²) in [6.07, 6.45) is 1.79. The second-order valence-electron chi connectivity index (χ2n) is 5.93. The van der Waals surface area contributed by atoms with Crippen molar-refractivity contribution < 1.29 is 4.74 Å². The smallest absolute Gasteiger partial charge is 0.161 e. The van der Waals surface area contributed by atoms with Crippen LogP contribution in [0.4, 0.5) is 0 Å². The summed E-state index contributed by atoms with van der Waals surface area (Å²) >= 11 is 3.41. The summed E-state index contributed by atoms with van der Waals surface area (Å²) in [4.78, 5) is 8.91. The number of hydrogen-bond donors (Lipinski definition) is 0. The fourth-order valence-electron chi connectivity index (χ4n) is 1.79. The van der Waals surface area contributed by atoms with Crippen LogP contribution in [0.1, 0.15) is 5.82 Å². The first-order valence-electron chi connectivity index (χ1n) is 6.43. The third-order valence-electron chi connectivity index (χ3n) is 2.96. The van der Waals surface area contributed by atoms with Crippen LogP contribution in [0.2, 0.25) is 25.7 Å². The molecule has 0 N–H and O–H groups in total. The van der Waals surface area contributed by atoms with E-state index in [4.69, 9.17) is 4.74 Å². The average Bonchev–Trinajstić information content (AvgIpc) is 2.58. The van der Waals surface area contributed by atoms with E-state index < -0.39 is 8.07 Å². The van der Waals surface area contributed by atoms with Crippen molar-refractivity contribution in [3.8, 4) is 0 Å². The molecule has 2 aromatic rings. The molecule has 0 saturated carbocycles. The molecule has 6 heteroatoms. The molecule has 2 heterocycles. The van der Waals surface area contributed by atoms with Gasteiger partial charge in [0.1, 0.15) is 18.1 Å². The van der Waals surface area contributed by atoms with Gasteiger partial charge in [0.05, 0.1) is 0 Å². The maximum absolute atomic E-state index is 5.78. The molecule has 0 amide bonds. The van der Waals surface area contributed by atoms with Crippen molar-refractivity contribution in [2.45, 2.75) is 39.3 Å². The van der Waals surface area contributed by atoms with Crippen LogP contribution in [-0.4, -0.2) is 29.2 Å². The van der Waals surface area contributed by atoms with E-state index in [2.05, 4.69) is 45.5 Å². The van der Waals surface area contributed by atoms with Gasteiger partial charge in [-0.3, -0.25) is 4.57 Å². The summed E-state index contributed by atoms with van der Waals surface area (Å²) in [7, 11) is -1.03. The number of ether oxygens (including phenoxy) is 1. The second kappa shape index (κ2) is 5.72. The number of rotatable bonds is 5. The molecule has 0 unspecified atom stereocenters. The molecule has 0 aliphatic rings. The number of imidazole rings is 1. The molecular weight excluding hydrogens is 322 g/mol. The van der Waals surface area contributed by atoms with Crippen molar-refractivity contribution in [2.75, 3.05) is 6.61 Å². The molecule has 0 radical (unpaired) electrons. The van der Waals surface area contributed by atoms with E-state index in [9.17, 15) is 0 Å². The first-order valence-corrected chi connectivity index (χ1v) is 10.9. The highest BCUT2D eigenvalue weighted by molar-refractivity contribution is 9.10. The van der Waals surface area contributed by atoms with Gasteiger partial charge < -0.3 is 4.74 Å². The summed E-state index contributed by atoms with van der Waals surface area (Å²) in [5.41, 5.74) is 1.79. The zero-order valence-corrected chi connectivity index (χ0v) is 14.5. The molecular formula is C13H20BrN3OSi. The molecule has 0 atom stereocenters. The van der Waals surface area contributed by atoms with Crippen molar-refractivity contribution >= 4 is 35.2 Å². The molecule has 0 saturated heterocycles.